The third kappa shape index (κ3) is 5.00. The first-order valence-electron chi connectivity index (χ1n) is 10.6. The molecule has 0 bridgehead atoms. The van der Waals surface area contributed by atoms with E-state index >= 15 is 0 Å². The Labute approximate surface area is 177 Å². The van der Waals surface area contributed by atoms with Crippen LogP contribution in [0.4, 0.5) is 0 Å². The third-order valence-electron chi connectivity index (χ3n) is 5.91. The lowest BCUT2D eigenvalue weighted by molar-refractivity contribution is 0.0162. The summed E-state index contributed by atoms with van der Waals surface area (Å²) in [5, 5.41) is 3.21. The largest absolute Gasteiger partial charge is 0.497 e. The Hall–Kier alpha value is -1.89. The number of nitrogens with one attached hydrogen (secondary N) is 1. The lowest BCUT2D eigenvalue weighted by Gasteiger charge is -2.35. The molecule has 1 fully saturated rings. The average Bonchev–Trinajstić information content (AvgIpc) is 3.05. The molecule has 1 saturated heterocycles. The van der Waals surface area contributed by atoms with Crippen molar-refractivity contribution in [3.05, 3.63) is 51.2 Å². The normalized spacial score (nSPS) is 18.5. The van der Waals surface area contributed by atoms with Crippen molar-refractivity contribution in [2.75, 3.05) is 40.0 Å². The molecule has 0 radical (unpaired) electrons. The van der Waals surface area contributed by atoms with Crippen molar-refractivity contribution in [3.8, 4) is 5.75 Å². The van der Waals surface area contributed by atoms with Crippen LogP contribution in [-0.4, -0.2) is 50.8 Å². The first-order valence-corrected chi connectivity index (χ1v) is 11.4. The highest BCUT2D eigenvalue weighted by Crippen LogP contribution is 2.29. The fraction of sp³-hybridized carbons (Fsp3) is 0.522. The molecular weight excluding hydrogens is 384 g/mol. The van der Waals surface area contributed by atoms with E-state index in [0.717, 1.165) is 49.8 Å². The first-order chi connectivity index (χ1) is 14.2. The van der Waals surface area contributed by atoms with Crippen LogP contribution in [0.3, 0.4) is 0 Å². The van der Waals surface area contributed by atoms with E-state index in [1.165, 1.54) is 35.3 Å². The van der Waals surface area contributed by atoms with Gasteiger partial charge in [0.05, 0.1) is 31.2 Å². The molecule has 2 heterocycles. The summed E-state index contributed by atoms with van der Waals surface area (Å²) in [7, 11) is 1.68. The summed E-state index contributed by atoms with van der Waals surface area (Å²) in [6.07, 6.45) is 6.01. The van der Waals surface area contributed by atoms with Gasteiger partial charge in [0.25, 0.3) is 5.91 Å². The summed E-state index contributed by atoms with van der Waals surface area (Å²) in [5.41, 5.74) is 2.58. The van der Waals surface area contributed by atoms with Crippen LogP contribution in [0.2, 0.25) is 0 Å². The summed E-state index contributed by atoms with van der Waals surface area (Å²) in [6.45, 7) is 3.81. The number of benzene rings is 1. The number of nitrogens with zero attached hydrogens (tertiary/aromatic N) is 1. The highest BCUT2D eigenvalue weighted by Gasteiger charge is 2.24. The minimum Gasteiger partial charge on any atom is -0.497 e. The van der Waals surface area contributed by atoms with Crippen LogP contribution in [0.5, 0.6) is 5.75 Å². The zero-order valence-corrected chi connectivity index (χ0v) is 17.9. The second-order valence-electron chi connectivity index (χ2n) is 7.77. The van der Waals surface area contributed by atoms with Gasteiger partial charge in [-0.25, -0.2) is 0 Å². The molecule has 6 heteroatoms. The first kappa shape index (κ1) is 20.4. The minimum absolute atomic E-state index is 0.0508. The van der Waals surface area contributed by atoms with Gasteiger partial charge in [-0.05, 0) is 55.0 Å². The van der Waals surface area contributed by atoms with Gasteiger partial charge in [0.1, 0.15) is 5.75 Å². The molecule has 5 nitrogen and oxygen atoms in total. The van der Waals surface area contributed by atoms with E-state index in [2.05, 4.69) is 28.4 Å². The van der Waals surface area contributed by atoms with Gasteiger partial charge in [-0.3, -0.25) is 9.69 Å². The van der Waals surface area contributed by atoms with Crippen LogP contribution < -0.4 is 10.1 Å². The van der Waals surface area contributed by atoms with E-state index in [0.29, 0.717) is 6.54 Å². The van der Waals surface area contributed by atoms with Crippen LogP contribution in [0.25, 0.3) is 0 Å². The van der Waals surface area contributed by atoms with Crippen molar-refractivity contribution < 1.29 is 14.3 Å². The molecule has 1 atom stereocenters. The zero-order chi connectivity index (χ0) is 20.1. The van der Waals surface area contributed by atoms with Crippen LogP contribution >= 0.6 is 11.3 Å². The predicted molar refractivity (Wildman–Crippen MR) is 116 cm³/mol. The van der Waals surface area contributed by atoms with Gasteiger partial charge in [-0.1, -0.05) is 18.6 Å². The maximum Gasteiger partial charge on any atom is 0.261 e. The number of hydrogen-bond acceptors (Lipinski definition) is 5. The Bertz CT molecular complexity index is 789. The summed E-state index contributed by atoms with van der Waals surface area (Å²) < 4.78 is 10.8. The lowest BCUT2D eigenvalue weighted by atomic mass is 10.0. The van der Waals surface area contributed by atoms with Gasteiger partial charge in [-0.15, -0.1) is 11.3 Å². The van der Waals surface area contributed by atoms with Crippen LogP contribution in [0.15, 0.2) is 30.3 Å². The van der Waals surface area contributed by atoms with Crippen molar-refractivity contribution >= 4 is 17.2 Å². The second-order valence-corrected chi connectivity index (χ2v) is 8.90. The van der Waals surface area contributed by atoms with Crippen LogP contribution in [0, 0.1) is 0 Å². The lowest BCUT2D eigenvalue weighted by Crippen LogP contribution is -2.43. The standard InChI is InChI=1S/C23H30N2O3S/c1-27-19-9-7-17(8-10-19)20(25-11-13-28-14-12-25)16-24-23(26)22-15-18-5-3-2-4-6-21(18)29-22/h7-10,15,20H,2-6,11-14,16H2,1H3,(H,24,26). The molecule has 0 saturated carbocycles. The summed E-state index contributed by atoms with van der Waals surface area (Å²) in [6, 6.07) is 10.4. The molecule has 1 unspecified atom stereocenters. The monoisotopic (exact) mass is 414 g/mol. The zero-order valence-electron chi connectivity index (χ0n) is 17.1. The molecule has 2 aromatic rings. The number of thiophene rings is 1. The highest BCUT2D eigenvalue weighted by molar-refractivity contribution is 7.14. The van der Waals surface area contributed by atoms with E-state index in [-0.39, 0.29) is 11.9 Å². The minimum atomic E-state index is 0.0508. The van der Waals surface area contributed by atoms with Crippen molar-refractivity contribution in [2.45, 2.75) is 38.1 Å². The third-order valence-corrected chi connectivity index (χ3v) is 7.15. The highest BCUT2D eigenvalue weighted by atomic mass is 32.1. The molecular formula is C23H30N2O3S. The Morgan fingerprint density at radius 3 is 2.69 bits per heavy atom. The number of amides is 1. The summed E-state index contributed by atoms with van der Waals surface area (Å²) >= 11 is 1.68. The van der Waals surface area contributed by atoms with E-state index in [1.807, 2.05) is 12.1 Å². The van der Waals surface area contributed by atoms with E-state index in [9.17, 15) is 4.79 Å². The topological polar surface area (TPSA) is 50.8 Å². The molecule has 1 aliphatic heterocycles. The van der Waals surface area contributed by atoms with Gasteiger partial charge in [0.2, 0.25) is 0 Å². The Morgan fingerprint density at radius 2 is 1.93 bits per heavy atom. The van der Waals surface area contributed by atoms with Crippen molar-refractivity contribution in [1.29, 1.82) is 0 Å². The van der Waals surface area contributed by atoms with Gasteiger partial charge >= 0.3 is 0 Å². The number of fused-ring (bicyclic) bond motifs is 1. The molecule has 4 rings (SSSR count). The van der Waals surface area contributed by atoms with Crippen LogP contribution in [0.1, 0.15) is 51.0 Å². The fourth-order valence-corrected chi connectivity index (χ4v) is 5.40. The molecule has 1 aromatic heterocycles. The van der Waals surface area contributed by atoms with Crippen molar-refractivity contribution in [3.63, 3.8) is 0 Å². The number of carbonyl (C=O) groups is 1. The molecule has 156 valence electrons. The smallest absolute Gasteiger partial charge is 0.261 e. The Kier molecular flexibility index (Phi) is 6.85. The SMILES string of the molecule is COc1ccc(C(CNC(=O)c2cc3c(s2)CCCCC3)N2CCOCC2)cc1. The predicted octanol–water partition coefficient (Wildman–Crippen LogP) is 3.83. The quantitative estimate of drug-likeness (QED) is 0.730. The van der Waals surface area contributed by atoms with Crippen molar-refractivity contribution in [2.24, 2.45) is 0 Å². The molecule has 1 amide bonds. The maximum absolute atomic E-state index is 12.9. The van der Waals surface area contributed by atoms with Gasteiger partial charge in [0, 0.05) is 24.5 Å². The fourth-order valence-electron chi connectivity index (χ4n) is 4.23. The van der Waals surface area contributed by atoms with E-state index < -0.39 is 0 Å². The van der Waals surface area contributed by atoms with Crippen molar-refractivity contribution in [1.82, 2.24) is 10.2 Å². The van der Waals surface area contributed by atoms with Gasteiger partial charge < -0.3 is 14.8 Å². The number of hydrogen-bond donors (Lipinski definition) is 1. The number of carbonyl (C=O) groups excluding carboxylic acids is 1. The molecule has 1 aromatic carbocycles. The Balaban J connectivity index is 1.46. The number of methoxy groups -OCH3 is 1. The Morgan fingerprint density at radius 1 is 1.17 bits per heavy atom. The molecule has 29 heavy (non-hydrogen) atoms. The second kappa shape index (κ2) is 9.74. The van der Waals surface area contributed by atoms with E-state index in [1.54, 1.807) is 18.4 Å². The molecule has 0 spiro atoms. The maximum atomic E-state index is 12.9. The summed E-state index contributed by atoms with van der Waals surface area (Å²) in [4.78, 5) is 17.6. The number of morpholine rings is 1. The molecule has 1 N–H and O–H groups in total. The van der Waals surface area contributed by atoms with Gasteiger partial charge in [0.15, 0.2) is 0 Å². The van der Waals surface area contributed by atoms with Crippen LogP contribution in [-0.2, 0) is 17.6 Å². The number of ether oxygens (including phenoxy) is 2. The molecule has 1 aliphatic carbocycles. The molecule has 2 aliphatic rings. The number of rotatable bonds is 6. The summed E-state index contributed by atoms with van der Waals surface area (Å²) in [5.74, 6) is 0.897. The average molecular weight is 415 g/mol. The number of aryl methyl sites for hydroxylation is 2. The van der Waals surface area contributed by atoms with E-state index in [4.69, 9.17) is 9.47 Å². The van der Waals surface area contributed by atoms with Gasteiger partial charge in [-0.2, -0.15) is 0 Å².